The predicted molar refractivity (Wildman–Crippen MR) is 84.2 cm³/mol. The maximum atomic E-state index is 5.53. The molecule has 3 rings (SSSR count). The summed E-state index contributed by atoms with van der Waals surface area (Å²) in [5.41, 5.74) is 1.85. The zero-order valence-corrected chi connectivity index (χ0v) is 13.3. The fraction of sp³-hybridized carbons (Fsp3) is 0.333. The second kappa shape index (κ2) is 6.74. The molecule has 0 amide bonds. The second-order valence-corrected chi connectivity index (χ2v) is 6.28. The Balaban J connectivity index is 1.65. The van der Waals surface area contributed by atoms with Gasteiger partial charge in [-0.25, -0.2) is 9.67 Å². The zero-order chi connectivity index (χ0) is 15.4. The Morgan fingerprint density at radius 2 is 2.05 bits per heavy atom. The third-order valence-electron chi connectivity index (χ3n) is 2.96. The first kappa shape index (κ1) is 14.8. The van der Waals surface area contributed by atoms with E-state index in [9.17, 15) is 0 Å². The maximum absolute atomic E-state index is 5.53. The van der Waals surface area contributed by atoms with E-state index in [1.807, 2.05) is 35.0 Å². The van der Waals surface area contributed by atoms with Crippen LogP contribution in [0.2, 0.25) is 0 Å². The molecule has 0 saturated heterocycles. The quantitative estimate of drug-likeness (QED) is 0.650. The lowest BCUT2D eigenvalue weighted by Crippen LogP contribution is -2.07. The number of rotatable bonds is 6. The van der Waals surface area contributed by atoms with Crippen LogP contribution in [0, 0.1) is 5.92 Å². The minimum Gasteiger partial charge on any atom is -0.444 e. The zero-order valence-electron chi connectivity index (χ0n) is 12.5. The van der Waals surface area contributed by atoms with Gasteiger partial charge in [0.25, 0.3) is 0 Å². The van der Waals surface area contributed by atoms with E-state index in [2.05, 4.69) is 34.4 Å². The molecule has 0 N–H and O–H groups in total. The van der Waals surface area contributed by atoms with Crippen LogP contribution in [0.5, 0.6) is 0 Å². The van der Waals surface area contributed by atoms with Gasteiger partial charge in [0.1, 0.15) is 6.26 Å². The van der Waals surface area contributed by atoms with Gasteiger partial charge < -0.3 is 4.42 Å². The summed E-state index contributed by atoms with van der Waals surface area (Å²) in [7, 11) is 0. The van der Waals surface area contributed by atoms with Crippen molar-refractivity contribution >= 4 is 11.8 Å². The molecule has 0 spiro atoms. The van der Waals surface area contributed by atoms with Crippen molar-refractivity contribution in [3.05, 3.63) is 42.3 Å². The van der Waals surface area contributed by atoms with E-state index in [0.717, 1.165) is 23.0 Å². The molecular formula is C15H17N5OS. The molecule has 0 bridgehead atoms. The monoisotopic (exact) mass is 315 g/mol. The Morgan fingerprint density at radius 3 is 2.82 bits per heavy atom. The van der Waals surface area contributed by atoms with Crippen molar-refractivity contribution in [3.63, 3.8) is 0 Å². The SMILES string of the molecule is CC(C)Cn1nnnc1SCc1coc(-c2ccccc2)n1. The second-order valence-electron chi connectivity index (χ2n) is 5.34. The molecule has 114 valence electrons. The predicted octanol–water partition coefficient (Wildman–Crippen LogP) is 3.28. The molecule has 0 atom stereocenters. The van der Waals surface area contributed by atoms with Crippen LogP contribution in [-0.4, -0.2) is 25.2 Å². The molecular weight excluding hydrogens is 298 g/mol. The summed E-state index contributed by atoms with van der Waals surface area (Å²) in [6, 6.07) is 9.86. The van der Waals surface area contributed by atoms with Gasteiger partial charge in [-0.1, -0.05) is 43.8 Å². The summed E-state index contributed by atoms with van der Waals surface area (Å²) in [5, 5.41) is 12.6. The highest BCUT2D eigenvalue weighted by Gasteiger charge is 2.11. The van der Waals surface area contributed by atoms with Gasteiger partial charge in [0.05, 0.1) is 5.69 Å². The van der Waals surface area contributed by atoms with Gasteiger partial charge in [-0.05, 0) is 28.5 Å². The Bertz CT molecular complexity index is 722. The summed E-state index contributed by atoms with van der Waals surface area (Å²) in [6.07, 6.45) is 1.69. The fourth-order valence-corrected chi connectivity index (χ4v) is 2.75. The molecule has 0 saturated carbocycles. The lowest BCUT2D eigenvalue weighted by molar-refractivity contribution is 0.445. The molecule has 3 aromatic rings. The van der Waals surface area contributed by atoms with E-state index in [1.165, 1.54) is 0 Å². The van der Waals surface area contributed by atoms with E-state index in [0.29, 0.717) is 17.6 Å². The molecule has 7 heteroatoms. The van der Waals surface area contributed by atoms with Gasteiger partial charge in [-0.15, -0.1) is 5.10 Å². The molecule has 6 nitrogen and oxygen atoms in total. The molecule has 2 aromatic heterocycles. The lowest BCUT2D eigenvalue weighted by atomic mass is 10.2. The van der Waals surface area contributed by atoms with Crippen LogP contribution < -0.4 is 0 Å². The highest BCUT2D eigenvalue weighted by molar-refractivity contribution is 7.98. The first-order valence-corrected chi connectivity index (χ1v) is 8.09. The van der Waals surface area contributed by atoms with Gasteiger partial charge in [0.2, 0.25) is 11.0 Å². The van der Waals surface area contributed by atoms with Crippen LogP contribution in [0.3, 0.4) is 0 Å². The maximum Gasteiger partial charge on any atom is 0.226 e. The van der Waals surface area contributed by atoms with Crippen LogP contribution in [-0.2, 0) is 12.3 Å². The van der Waals surface area contributed by atoms with E-state index in [-0.39, 0.29) is 0 Å². The fourth-order valence-electron chi connectivity index (χ4n) is 1.99. The van der Waals surface area contributed by atoms with Gasteiger partial charge in [-0.2, -0.15) is 0 Å². The van der Waals surface area contributed by atoms with Crippen LogP contribution in [0.25, 0.3) is 11.5 Å². The van der Waals surface area contributed by atoms with Crippen molar-refractivity contribution in [3.8, 4) is 11.5 Å². The number of hydrogen-bond acceptors (Lipinski definition) is 6. The van der Waals surface area contributed by atoms with Crippen molar-refractivity contribution in [2.75, 3.05) is 0 Å². The highest BCUT2D eigenvalue weighted by atomic mass is 32.2. The summed E-state index contributed by atoms with van der Waals surface area (Å²) in [6.45, 7) is 5.09. The van der Waals surface area contributed by atoms with E-state index < -0.39 is 0 Å². The average Bonchev–Trinajstić information content (AvgIpc) is 3.15. The van der Waals surface area contributed by atoms with Crippen LogP contribution in [0.1, 0.15) is 19.5 Å². The highest BCUT2D eigenvalue weighted by Crippen LogP contribution is 2.23. The van der Waals surface area contributed by atoms with Gasteiger partial charge >= 0.3 is 0 Å². The Kier molecular flexibility index (Phi) is 4.53. The third-order valence-corrected chi connectivity index (χ3v) is 3.95. The molecule has 0 aliphatic heterocycles. The van der Waals surface area contributed by atoms with Gasteiger partial charge in [0.15, 0.2) is 0 Å². The van der Waals surface area contributed by atoms with Gasteiger partial charge in [0, 0.05) is 17.9 Å². The molecule has 22 heavy (non-hydrogen) atoms. The molecule has 0 fully saturated rings. The van der Waals surface area contributed by atoms with Crippen molar-refractivity contribution in [1.29, 1.82) is 0 Å². The van der Waals surface area contributed by atoms with Crippen LogP contribution in [0.4, 0.5) is 0 Å². The lowest BCUT2D eigenvalue weighted by Gasteiger charge is -2.05. The summed E-state index contributed by atoms with van der Waals surface area (Å²) >= 11 is 1.56. The molecule has 0 aliphatic carbocycles. The first-order valence-electron chi connectivity index (χ1n) is 7.11. The number of nitrogens with zero attached hydrogens (tertiary/aromatic N) is 5. The number of aromatic nitrogens is 5. The molecule has 0 aliphatic rings. The average molecular weight is 315 g/mol. The largest absolute Gasteiger partial charge is 0.444 e. The van der Waals surface area contributed by atoms with Crippen molar-refractivity contribution < 1.29 is 4.42 Å². The summed E-state index contributed by atoms with van der Waals surface area (Å²) in [4.78, 5) is 4.51. The Morgan fingerprint density at radius 1 is 1.23 bits per heavy atom. The third kappa shape index (κ3) is 3.54. The number of oxazole rings is 1. The van der Waals surface area contributed by atoms with Crippen molar-refractivity contribution in [2.24, 2.45) is 5.92 Å². The Hall–Kier alpha value is -2.15. The number of benzene rings is 1. The van der Waals surface area contributed by atoms with Crippen LogP contribution >= 0.6 is 11.8 Å². The van der Waals surface area contributed by atoms with Crippen molar-refractivity contribution in [1.82, 2.24) is 25.2 Å². The number of tetrazole rings is 1. The van der Waals surface area contributed by atoms with E-state index in [4.69, 9.17) is 4.42 Å². The topological polar surface area (TPSA) is 69.6 Å². The molecule has 0 unspecified atom stereocenters. The number of hydrogen-bond donors (Lipinski definition) is 0. The molecule has 1 aromatic carbocycles. The Labute approximate surface area is 132 Å². The van der Waals surface area contributed by atoms with Gasteiger partial charge in [-0.3, -0.25) is 0 Å². The first-order chi connectivity index (χ1) is 10.7. The van der Waals surface area contributed by atoms with Crippen molar-refractivity contribution in [2.45, 2.75) is 31.3 Å². The standard InChI is InChI=1S/C15H17N5OS/c1-11(2)8-20-15(17-18-19-20)22-10-13-9-21-14(16-13)12-6-4-3-5-7-12/h3-7,9,11H,8,10H2,1-2H3. The normalized spacial score (nSPS) is 11.2. The van der Waals surface area contributed by atoms with E-state index >= 15 is 0 Å². The van der Waals surface area contributed by atoms with Crippen LogP contribution in [0.15, 0.2) is 46.2 Å². The minimum absolute atomic E-state index is 0.500. The van der Waals surface area contributed by atoms with E-state index in [1.54, 1.807) is 18.0 Å². The minimum atomic E-state index is 0.500. The number of thioether (sulfide) groups is 1. The molecule has 2 heterocycles. The summed E-state index contributed by atoms with van der Waals surface area (Å²) in [5.74, 6) is 1.81. The molecule has 0 radical (unpaired) electrons. The summed E-state index contributed by atoms with van der Waals surface area (Å²) < 4.78 is 7.36. The smallest absolute Gasteiger partial charge is 0.226 e.